The third-order valence-corrected chi connectivity index (χ3v) is 26.7. The SMILES string of the molecule is COc1cccc(-c2c3ccccc3c(-c3ccc(O)c(C(=O)c4ccccc4)c3)c3ccccc23)c1.COc1ccccc1-c1c2ccccc2c(-c2ccc(O)c(C(=O)c3ccccc3)c2)c2ccccc12.COc1ccccc1-c1ccc2ccc3ccc(C(=O)c4ccccc4O)c4ccc1c2c34.Cc1ccccc1-c1ccc2ccc3c(C(=O)c4ccccc4O)ccc4ccc1c2c43. The summed E-state index contributed by atoms with van der Waals surface area (Å²) in [5.74, 6) is 1.61. The first-order valence-electron chi connectivity index (χ1n) is 45.9. The van der Waals surface area contributed by atoms with Crippen molar-refractivity contribution in [3.8, 4) is 107 Å². The van der Waals surface area contributed by atoms with E-state index in [-0.39, 0.29) is 57.3 Å². The van der Waals surface area contributed by atoms with Gasteiger partial charge in [0.25, 0.3) is 0 Å². The minimum atomic E-state index is -0.209. The number of para-hydroxylation sites is 4. The van der Waals surface area contributed by atoms with Gasteiger partial charge in [-0.2, -0.15) is 0 Å². The van der Waals surface area contributed by atoms with E-state index in [1.54, 1.807) is 106 Å². The van der Waals surface area contributed by atoms with Crippen LogP contribution in [-0.4, -0.2) is 64.9 Å². The van der Waals surface area contributed by atoms with Crippen LogP contribution in [0.3, 0.4) is 0 Å². The molecule has 0 atom stereocenters. The van der Waals surface area contributed by atoms with Gasteiger partial charge in [-0.15, -0.1) is 0 Å². The van der Waals surface area contributed by atoms with Gasteiger partial charge in [0, 0.05) is 38.9 Å². The first-order chi connectivity index (χ1) is 68.1. The van der Waals surface area contributed by atoms with Gasteiger partial charge in [0.15, 0.2) is 23.1 Å². The van der Waals surface area contributed by atoms with Crippen molar-refractivity contribution in [2.75, 3.05) is 21.3 Å². The summed E-state index contributed by atoms with van der Waals surface area (Å²) in [5, 5.41) is 63.5. The van der Waals surface area contributed by atoms with E-state index in [2.05, 4.69) is 165 Å². The molecule has 4 N–H and O–H groups in total. The largest absolute Gasteiger partial charge is 0.507 e. The quantitative estimate of drug-likeness (QED) is 0.0388. The lowest BCUT2D eigenvalue weighted by molar-refractivity contribution is 0.102. The van der Waals surface area contributed by atoms with Gasteiger partial charge in [0.1, 0.15) is 40.2 Å². The van der Waals surface area contributed by atoms with Gasteiger partial charge in [0.05, 0.1) is 43.6 Å². The van der Waals surface area contributed by atoms with Gasteiger partial charge in [-0.05, 0) is 255 Å². The lowest BCUT2D eigenvalue weighted by atomic mass is 9.85. The Bertz CT molecular complexity index is 8870. The maximum Gasteiger partial charge on any atom is 0.197 e. The summed E-state index contributed by atoms with van der Waals surface area (Å²) in [6.45, 7) is 2.14. The molecule has 0 saturated heterocycles. The number of methoxy groups -OCH3 is 3. The van der Waals surface area contributed by atoms with E-state index in [4.69, 9.17) is 14.2 Å². The van der Waals surface area contributed by atoms with E-state index in [9.17, 15) is 39.6 Å². The Labute approximate surface area is 801 Å². The summed E-state index contributed by atoms with van der Waals surface area (Å²) in [6, 6.07) is 141. The zero-order valence-electron chi connectivity index (χ0n) is 76.2. The lowest BCUT2D eigenvalue weighted by Gasteiger charge is -2.19. The highest BCUT2D eigenvalue weighted by Crippen LogP contribution is 2.51. The highest BCUT2D eigenvalue weighted by molar-refractivity contribution is 6.33. The number of hydrogen-bond acceptors (Lipinski definition) is 11. The van der Waals surface area contributed by atoms with Crippen LogP contribution in [0.5, 0.6) is 40.2 Å². The maximum atomic E-state index is 13.4. The summed E-state index contributed by atoms with van der Waals surface area (Å²) in [7, 11) is 5.06. The summed E-state index contributed by atoms with van der Waals surface area (Å²) >= 11 is 0. The van der Waals surface area contributed by atoms with E-state index < -0.39 is 0 Å². The number of fused-ring (bicyclic) bond motifs is 4. The zero-order chi connectivity index (χ0) is 95.1. The summed E-state index contributed by atoms with van der Waals surface area (Å²) in [4.78, 5) is 53.4. The van der Waals surface area contributed by atoms with Crippen molar-refractivity contribution in [3.63, 3.8) is 0 Å². The van der Waals surface area contributed by atoms with E-state index in [1.165, 1.54) is 27.5 Å². The third kappa shape index (κ3) is 15.9. The van der Waals surface area contributed by atoms with Crippen LogP contribution >= 0.6 is 0 Å². The van der Waals surface area contributed by atoms with Gasteiger partial charge in [-0.1, -0.05) is 352 Å². The van der Waals surface area contributed by atoms with Gasteiger partial charge >= 0.3 is 0 Å². The van der Waals surface area contributed by atoms with Crippen LogP contribution in [0.25, 0.3) is 174 Å². The molecule has 0 saturated carbocycles. The predicted molar refractivity (Wildman–Crippen MR) is 566 cm³/mol. The number of carbonyl (C=O) groups is 4. The van der Waals surface area contributed by atoms with Gasteiger partial charge < -0.3 is 34.6 Å². The van der Waals surface area contributed by atoms with Crippen molar-refractivity contribution in [1.29, 1.82) is 0 Å². The van der Waals surface area contributed by atoms with Crippen molar-refractivity contribution < 1.29 is 53.8 Å². The molecule has 0 fully saturated rings. The molecular weight excluding hydrogens is 1710 g/mol. The fourth-order valence-electron chi connectivity index (χ4n) is 20.2. The average Bonchev–Trinajstić information content (AvgIpc) is 0.729. The maximum absolute atomic E-state index is 13.4. The standard InChI is InChI=1S/2C34H24O3.C30H20O3.C30H20O2/c1-37-31-18-10-9-17-28(31)33-26-15-7-5-13-24(26)32(25-14-6-8-16-27(25)33)23-19-20-30(35)29(21-23)34(36)22-11-3-2-4-12-22;1-37-25-13-9-12-23(20-25)32-26-14-5-7-16-28(26)33(29-17-8-6-15-27(29)32)24-18-19-31(35)30(21-24)34(36)22-10-3-2-4-11-22;1-33-27-9-5-3-6-21(27)20-14-12-18-10-11-19-13-15-24(23-17-16-22(20)28(18)29(19)23)30(32)25-7-2-4-8-26(25)31;1-18-6-2-3-7-21(18)22-14-10-19-12-16-24-25(30(32)26-8-4-5-9-27(26)31)17-13-20-11-15-23(22)28(19)29(20)24/h2*2-21,35H,1H3;2-17,31H,1H3;2-17,31H,1H3. The Morgan fingerprint density at radius 2 is 0.518 bits per heavy atom. The molecule has 0 spiro atoms. The molecule has 0 bridgehead atoms. The minimum Gasteiger partial charge on any atom is -0.507 e. The van der Waals surface area contributed by atoms with Crippen LogP contribution in [0, 0.1) is 6.92 Å². The van der Waals surface area contributed by atoms with Crippen molar-refractivity contribution in [1.82, 2.24) is 0 Å². The molecule has 0 amide bonds. The first-order valence-corrected chi connectivity index (χ1v) is 45.9. The Kier molecular flexibility index (Phi) is 23.4. The summed E-state index contributed by atoms with van der Waals surface area (Å²) in [5.41, 5.74) is 17.4. The number of carbonyl (C=O) groups excluding carboxylic acids is 4. The second-order valence-electron chi connectivity index (χ2n) is 34.5. The summed E-state index contributed by atoms with van der Waals surface area (Å²) in [6.07, 6.45) is 0. The second-order valence-corrected chi connectivity index (χ2v) is 34.5. The van der Waals surface area contributed by atoms with Crippen LogP contribution in [0.2, 0.25) is 0 Å². The number of phenolic OH excluding ortho intramolecular Hbond substituents is 4. The molecule has 0 radical (unpaired) electrons. The molecule has 0 heterocycles. The lowest BCUT2D eigenvalue weighted by Crippen LogP contribution is -2.03. The second kappa shape index (κ2) is 37.3. The van der Waals surface area contributed by atoms with E-state index in [1.807, 2.05) is 194 Å². The number of ether oxygens (including phenoxy) is 3. The molecule has 0 aromatic heterocycles. The average molecular weight is 1800 g/mol. The van der Waals surface area contributed by atoms with Gasteiger partial charge in [-0.3, -0.25) is 19.2 Å². The molecule has 24 aromatic rings. The predicted octanol–water partition coefficient (Wildman–Crippen LogP) is 31.2. The number of phenols is 4. The first kappa shape index (κ1) is 87.3. The smallest absolute Gasteiger partial charge is 0.197 e. The van der Waals surface area contributed by atoms with Crippen molar-refractivity contribution in [3.05, 3.63) is 487 Å². The molecule has 0 aliphatic rings. The van der Waals surface area contributed by atoms with Crippen molar-refractivity contribution in [2.45, 2.75) is 6.92 Å². The van der Waals surface area contributed by atoms with Crippen LogP contribution in [0.15, 0.2) is 437 Å². The van der Waals surface area contributed by atoms with Crippen molar-refractivity contribution in [2.24, 2.45) is 0 Å². The molecule has 0 aliphatic carbocycles. The normalized spacial score (nSPS) is 11.3. The highest BCUT2D eigenvalue weighted by Gasteiger charge is 2.28. The number of aryl methyl sites for hydroxylation is 1. The Morgan fingerprint density at radius 1 is 0.201 bits per heavy atom. The van der Waals surface area contributed by atoms with Crippen molar-refractivity contribution >= 4 is 131 Å². The number of ketones is 4. The van der Waals surface area contributed by atoms with Crippen LogP contribution in [-0.2, 0) is 0 Å². The molecule has 24 aromatic carbocycles. The van der Waals surface area contributed by atoms with Crippen LogP contribution in [0.1, 0.15) is 69.2 Å². The Balaban J connectivity index is 0.000000110. The van der Waals surface area contributed by atoms with Gasteiger partial charge in [0.2, 0.25) is 0 Å². The molecule has 139 heavy (non-hydrogen) atoms. The number of hydrogen-bond donors (Lipinski definition) is 4. The Hall–Kier alpha value is -18.3. The van der Waals surface area contributed by atoms with E-state index in [0.29, 0.717) is 33.4 Å². The molecular formula is C128H88O11. The van der Waals surface area contributed by atoms with Gasteiger partial charge in [-0.25, -0.2) is 0 Å². The highest BCUT2D eigenvalue weighted by atomic mass is 16.5. The fourth-order valence-corrected chi connectivity index (χ4v) is 20.2. The summed E-state index contributed by atoms with van der Waals surface area (Å²) < 4.78 is 16.9. The van der Waals surface area contributed by atoms with E-state index in [0.717, 1.165) is 170 Å². The minimum absolute atomic E-state index is 0.00466. The molecule has 24 rings (SSSR count). The zero-order valence-corrected chi connectivity index (χ0v) is 76.2. The molecule has 0 unspecified atom stereocenters. The van der Waals surface area contributed by atoms with Crippen LogP contribution in [0.4, 0.5) is 0 Å². The molecule has 11 nitrogen and oxygen atoms in total. The van der Waals surface area contributed by atoms with Crippen LogP contribution < -0.4 is 14.2 Å². The van der Waals surface area contributed by atoms with E-state index >= 15 is 0 Å². The Morgan fingerprint density at radius 3 is 0.950 bits per heavy atom. The molecule has 666 valence electrons. The third-order valence-electron chi connectivity index (χ3n) is 26.7. The number of benzene rings is 24. The number of aromatic hydroxyl groups is 4. The topological polar surface area (TPSA) is 177 Å². The molecule has 0 aliphatic heterocycles. The monoisotopic (exact) mass is 1800 g/mol. The molecule has 11 heteroatoms. The fraction of sp³-hybridized carbons (Fsp3) is 0.0312. The number of rotatable bonds is 17.